The molecule has 7 unspecified atom stereocenters. The molecule has 78 heavy (non-hydrogen) atoms. The summed E-state index contributed by atoms with van der Waals surface area (Å²) in [5.41, 5.74) is 0. The highest BCUT2D eigenvalue weighted by Crippen LogP contribution is 2.23. The number of carbonyl (C=O) groups excluding carboxylic acids is 2. The number of carbonyl (C=O) groups is 2. The Labute approximate surface area is 479 Å². The monoisotopic (exact) mass is 1100 g/mol. The first kappa shape index (κ1) is 73.9. The van der Waals surface area contributed by atoms with E-state index in [0.717, 1.165) is 83.5 Å². The lowest BCUT2D eigenvalue weighted by Gasteiger charge is -2.40. The standard InChI is InChI=1S/C67H125NO10/c1-3-5-7-9-11-13-14-15-16-17-26-29-32-35-39-43-47-51-55-63(72)76-56-52-48-44-40-36-33-30-27-24-22-20-18-19-21-23-25-28-31-34-38-42-46-50-54-62(71)68-59(60(70)53-49-45-41-37-12-10-8-6-4-2)58-77-67-66(75)65(74)64(73)61(57-69)78-67/h18,20-21,23,49,53,59-61,64-67,69-70,73-75H,3-17,19,22,24-48,50-52,54-58H2,1-2H3,(H,68,71)/b20-18-,23-21-,53-49+. The van der Waals surface area contributed by atoms with Crippen LogP contribution in [0.3, 0.4) is 0 Å². The van der Waals surface area contributed by atoms with Gasteiger partial charge in [-0.2, -0.15) is 0 Å². The fraction of sp³-hybridized carbons (Fsp3) is 0.881. The van der Waals surface area contributed by atoms with Crippen LogP contribution in [0, 0.1) is 0 Å². The molecule has 1 saturated heterocycles. The van der Waals surface area contributed by atoms with Crippen LogP contribution in [0.2, 0.25) is 0 Å². The van der Waals surface area contributed by atoms with E-state index in [1.807, 2.05) is 6.08 Å². The average Bonchev–Trinajstić information content (AvgIpc) is 3.43. The Bertz CT molecular complexity index is 1390. The topological polar surface area (TPSA) is 175 Å². The van der Waals surface area contributed by atoms with E-state index in [0.29, 0.717) is 19.4 Å². The van der Waals surface area contributed by atoms with Crippen molar-refractivity contribution < 1.29 is 49.3 Å². The van der Waals surface area contributed by atoms with Crippen LogP contribution < -0.4 is 5.32 Å². The second kappa shape index (κ2) is 56.7. The molecule has 0 saturated carbocycles. The molecule has 0 aromatic carbocycles. The zero-order valence-corrected chi connectivity index (χ0v) is 50.6. The minimum Gasteiger partial charge on any atom is -0.466 e. The van der Waals surface area contributed by atoms with E-state index in [4.69, 9.17) is 14.2 Å². The van der Waals surface area contributed by atoms with E-state index < -0.39 is 49.5 Å². The average molecular weight is 1100 g/mol. The van der Waals surface area contributed by atoms with Crippen molar-refractivity contribution in [1.29, 1.82) is 0 Å². The molecule has 11 nitrogen and oxygen atoms in total. The van der Waals surface area contributed by atoms with Gasteiger partial charge in [-0.15, -0.1) is 0 Å². The Kier molecular flexibility index (Phi) is 53.7. The summed E-state index contributed by atoms with van der Waals surface area (Å²) in [5.74, 6) is -0.194. The molecule has 1 aliphatic rings. The summed E-state index contributed by atoms with van der Waals surface area (Å²) in [5, 5.41) is 54.2. The maximum Gasteiger partial charge on any atom is 0.305 e. The van der Waals surface area contributed by atoms with Crippen LogP contribution in [0.15, 0.2) is 36.5 Å². The van der Waals surface area contributed by atoms with Crippen LogP contribution >= 0.6 is 0 Å². The van der Waals surface area contributed by atoms with Crippen molar-refractivity contribution >= 4 is 11.9 Å². The van der Waals surface area contributed by atoms with E-state index in [9.17, 15) is 35.1 Å². The number of hydrogen-bond donors (Lipinski definition) is 6. The van der Waals surface area contributed by atoms with Crippen LogP contribution in [0.1, 0.15) is 316 Å². The molecule has 7 atom stereocenters. The number of nitrogens with one attached hydrogen (secondary N) is 1. The van der Waals surface area contributed by atoms with E-state index in [-0.39, 0.29) is 18.5 Å². The third-order valence-corrected chi connectivity index (χ3v) is 15.7. The number of ether oxygens (including phenoxy) is 3. The zero-order chi connectivity index (χ0) is 56.6. The number of aliphatic hydroxyl groups excluding tert-OH is 5. The van der Waals surface area contributed by atoms with Crippen molar-refractivity contribution in [3.63, 3.8) is 0 Å². The van der Waals surface area contributed by atoms with E-state index in [1.165, 1.54) is 205 Å². The fourth-order valence-electron chi connectivity index (χ4n) is 10.5. The van der Waals surface area contributed by atoms with E-state index in [1.54, 1.807) is 6.08 Å². The van der Waals surface area contributed by atoms with Crippen molar-refractivity contribution in [2.45, 2.75) is 358 Å². The van der Waals surface area contributed by atoms with Gasteiger partial charge in [-0.25, -0.2) is 0 Å². The summed E-state index contributed by atoms with van der Waals surface area (Å²) in [6.45, 7) is 4.32. The van der Waals surface area contributed by atoms with Gasteiger partial charge in [-0.1, -0.05) is 275 Å². The quantitative estimate of drug-likeness (QED) is 0.0195. The van der Waals surface area contributed by atoms with Gasteiger partial charge in [0.1, 0.15) is 24.4 Å². The molecular formula is C67H125NO10. The van der Waals surface area contributed by atoms with Gasteiger partial charge in [0.05, 0.1) is 32.0 Å². The molecule has 0 radical (unpaired) electrons. The van der Waals surface area contributed by atoms with E-state index >= 15 is 0 Å². The van der Waals surface area contributed by atoms with Crippen LogP contribution in [-0.2, 0) is 23.8 Å². The molecule has 6 N–H and O–H groups in total. The Morgan fingerprint density at radius 1 is 0.474 bits per heavy atom. The van der Waals surface area contributed by atoms with Crippen LogP contribution in [-0.4, -0.2) is 100 Å². The van der Waals surface area contributed by atoms with Crippen LogP contribution in [0.25, 0.3) is 0 Å². The second-order valence-corrected chi connectivity index (χ2v) is 23.2. The molecule has 0 aromatic heterocycles. The van der Waals surface area contributed by atoms with Gasteiger partial charge >= 0.3 is 5.97 Å². The maximum atomic E-state index is 13.0. The molecule has 1 aliphatic heterocycles. The summed E-state index contributed by atoms with van der Waals surface area (Å²) < 4.78 is 16.7. The lowest BCUT2D eigenvalue weighted by Crippen LogP contribution is -2.60. The van der Waals surface area contributed by atoms with Gasteiger partial charge in [0, 0.05) is 12.8 Å². The summed E-state index contributed by atoms with van der Waals surface area (Å²) in [6, 6.07) is -0.816. The number of allylic oxidation sites excluding steroid dienone is 5. The Morgan fingerprint density at radius 2 is 0.859 bits per heavy atom. The predicted molar refractivity (Wildman–Crippen MR) is 324 cm³/mol. The van der Waals surface area contributed by atoms with Crippen molar-refractivity contribution in [2.75, 3.05) is 19.8 Å². The molecule has 0 aromatic rings. The molecule has 1 heterocycles. The Morgan fingerprint density at radius 3 is 1.29 bits per heavy atom. The normalized spacial score (nSPS) is 18.7. The molecule has 1 fully saturated rings. The summed E-state index contributed by atoms with van der Waals surface area (Å²) >= 11 is 0. The van der Waals surface area contributed by atoms with Crippen molar-refractivity contribution in [3.05, 3.63) is 36.5 Å². The summed E-state index contributed by atoms with van der Waals surface area (Å²) in [7, 11) is 0. The highest BCUT2D eigenvalue weighted by atomic mass is 16.7. The molecule has 1 rings (SSSR count). The van der Waals surface area contributed by atoms with Crippen molar-refractivity contribution in [2.24, 2.45) is 0 Å². The second-order valence-electron chi connectivity index (χ2n) is 23.2. The highest BCUT2D eigenvalue weighted by molar-refractivity contribution is 5.76. The van der Waals surface area contributed by atoms with Gasteiger partial charge in [0.25, 0.3) is 0 Å². The molecule has 11 heteroatoms. The van der Waals surface area contributed by atoms with Gasteiger partial charge < -0.3 is 45.1 Å². The number of unbranched alkanes of at least 4 members (excludes halogenated alkanes) is 40. The van der Waals surface area contributed by atoms with Gasteiger partial charge in [-0.3, -0.25) is 9.59 Å². The number of hydrogen-bond acceptors (Lipinski definition) is 10. The van der Waals surface area contributed by atoms with Gasteiger partial charge in [0.2, 0.25) is 5.91 Å². The molecule has 0 aliphatic carbocycles. The first-order valence-electron chi connectivity index (χ1n) is 33.3. The molecule has 1 amide bonds. The SMILES string of the molecule is CCCCCCCCC/C=C/C(O)C(COC1OC(CO)C(O)C(O)C1O)NC(=O)CCCCCCCCC/C=C\C/C=C\CCCCCCCCCCCOC(=O)CCCCCCCCCCCCCCCCCCCC. The molecule has 0 bridgehead atoms. The first-order valence-corrected chi connectivity index (χ1v) is 33.3. The highest BCUT2D eigenvalue weighted by Gasteiger charge is 2.44. The smallest absolute Gasteiger partial charge is 0.305 e. The van der Waals surface area contributed by atoms with Gasteiger partial charge in [-0.05, 0) is 64.2 Å². The fourth-order valence-corrected chi connectivity index (χ4v) is 10.5. The number of rotatable bonds is 58. The maximum absolute atomic E-state index is 13.0. The third kappa shape index (κ3) is 45.5. The third-order valence-electron chi connectivity index (χ3n) is 15.7. The minimum atomic E-state index is -1.57. The summed E-state index contributed by atoms with van der Waals surface area (Å²) in [4.78, 5) is 25.1. The van der Waals surface area contributed by atoms with Crippen molar-refractivity contribution in [1.82, 2.24) is 5.32 Å². The molecular weight excluding hydrogens is 979 g/mol. The molecule has 0 spiro atoms. The largest absolute Gasteiger partial charge is 0.466 e. The number of amides is 1. The number of aliphatic hydroxyl groups is 5. The van der Waals surface area contributed by atoms with Crippen LogP contribution in [0.4, 0.5) is 0 Å². The van der Waals surface area contributed by atoms with Crippen molar-refractivity contribution in [3.8, 4) is 0 Å². The minimum absolute atomic E-state index is 0.000278. The number of esters is 1. The van der Waals surface area contributed by atoms with Gasteiger partial charge in [0.15, 0.2) is 6.29 Å². The predicted octanol–water partition coefficient (Wildman–Crippen LogP) is 16.2. The first-order chi connectivity index (χ1) is 38.2. The Balaban J connectivity index is 1.97. The lowest BCUT2D eigenvalue weighted by atomic mass is 9.99. The summed E-state index contributed by atoms with van der Waals surface area (Å²) in [6.07, 6.45) is 61.3. The zero-order valence-electron chi connectivity index (χ0n) is 50.6. The van der Waals surface area contributed by atoms with Crippen LogP contribution in [0.5, 0.6) is 0 Å². The molecule has 458 valence electrons. The Hall–Kier alpha value is -2.12. The van der Waals surface area contributed by atoms with E-state index in [2.05, 4.69) is 43.5 Å². The lowest BCUT2D eigenvalue weighted by molar-refractivity contribution is -0.302.